The maximum Gasteiger partial charge on any atom is 0.269 e. The van der Waals surface area contributed by atoms with Crippen LogP contribution in [0.1, 0.15) is 39.1 Å². The molecule has 2 aromatic rings. The van der Waals surface area contributed by atoms with Gasteiger partial charge in [0.1, 0.15) is 0 Å². The predicted molar refractivity (Wildman–Crippen MR) is 94.1 cm³/mol. The molecule has 1 aliphatic heterocycles. The first-order valence-electron chi connectivity index (χ1n) is 8.12. The summed E-state index contributed by atoms with van der Waals surface area (Å²) in [6, 6.07) is 13.8. The number of amides is 3. The molecule has 2 aromatic carbocycles. The van der Waals surface area contributed by atoms with Crippen LogP contribution in [0, 0.1) is 6.92 Å². The van der Waals surface area contributed by atoms with E-state index in [0.717, 1.165) is 12.0 Å². The van der Waals surface area contributed by atoms with Crippen LogP contribution >= 0.6 is 0 Å². The molecule has 3 amide bonds. The van der Waals surface area contributed by atoms with Crippen molar-refractivity contribution in [3.8, 4) is 0 Å². The van der Waals surface area contributed by atoms with Crippen molar-refractivity contribution in [1.82, 2.24) is 10.9 Å². The van der Waals surface area contributed by atoms with Crippen molar-refractivity contribution >= 4 is 23.4 Å². The van der Waals surface area contributed by atoms with Crippen molar-refractivity contribution in [2.45, 2.75) is 19.8 Å². The number of anilines is 1. The Bertz CT molecular complexity index is 815. The summed E-state index contributed by atoms with van der Waals surface area (Å²) in [7, 11) is 0. The van der Waals surface area contributed by atoms with Gasteiger partial charge in [0.2, 0.25) is 5.91 Å². The largest absolute Gasteiger partial charge is 0.312 e. The van der Waals surface area contributed by atoms with Crippen LogP contribution in [0.25, 0.3) is 0 Å². The van der Waals surface area contributed by atoms with Gasteiger partial charge in [0.05, 0.1) is 0 Å². The van der Waals surface area contributed by atoms with E-state index in [4.69, 9.17) is 0 Å². The van der Waals surface area contributed by atoms with Gasteiger partial charge in [-0.3, -0.25) is 25.2 Å². The normalized spacial score (nSPS) is 13.6. The number of rotatable bonds is 3. The highest BCUT2D eigenvalue weighted by atomic mass is 16.2. The third-order valence-electron chi connectivity index (χ3n) is 4.10. The van der Waals surface area contributed by atoms with E-state index in [-0.39, 0.29) is 11.8 Å². The standard InChI is InChI=1S/C19H19N3O3/c1-13-7-9-14(10-8-13)18(24)20-21-19(25)15-4-2-5-16(12-15)22-11-3-6-17(22)23/h2,4-5,7-10,12H,3,6,11H2,1H3,(H,20,24)(H,21,25). The average Bonchev–Trinajstić information content (AvgIpc) is 3.06. The van der Waals surface area contributed by atoms with Crippen LogP contribution in [-0.4, -0.2) is 24.3 Å². The number of carbonyl (C=O) groups excluding carboxylic acids is 3. The third-order valence-corrected chi connectivity index (χ3v) is 4.10. The van der Waals surface area contributed by atoms with Crippen molar-refractivity contribution in [1.29, 1.82) is 0 Å². The van der Waals surface area contributed by atoms with Gasteiger partial charge in [-0.25, -0.2) is 0 Å². The second kappa shape index (κ2) is 7.17. The lowest BCUT2D eigenvalue weighted by molar-refractivity contribution is -0.117. The molecule has 0 bridgehead atoms. The molecule has 0 spiro atoms. The summed E-state index contributed by atoms with van der Waals surface area (Å²) >= 11 is 0. The first-order valence-corrected chi connectivity index (χ1v) is 8.12. The first-order chi connectivity index (χ1) is 12.0. The number of nitrogens with zero attached hydrogens (tertiary/aromatic N) is 1. The van der Waals surface area contributed by atoms with Gasteiger partial charge in [0.15, 0.2) is 0 Å². The summed E-state index contributed by atoms with van der Waals surface area (Å²) in [6.45, 7) is 2.59. The molecule has 1 saturated heterocycles. The molecule has 1 aliphatic rings. The van der Waals surface area contributed by atoms with E-state index in [1.165, 1.54) is 0 Å². The lowest BCUT2D eigenvalue weighted by atomic mass is 10.1. The van der Waals surface area contributed by atoms with Crippen LogP contribution in [0.4, 0.5) is 5.69 Å². The molecule has 25 heavy (non-hydrogen) atoms. The molecule has 3 rings (SSSR count). The minimum Gasteiger partial charge on any atom is -0.312 e. The Morgan fingerprint density at radius 1 is 0.960 bits per heavy atom. The molecule has 0 unspecified atom stereocenters. The van der Waals surface area contributed by atoms with E-state index >= 15 is 0 Å². The van der Waals surface area contributed by atoms with E-state index in [9.17, 15) is 14.4 Å². The van der Waals surface area contributed by atoms with Crippen molar-refractivity contribution in [2.75, 3.05) is 11.4 Å². The van der Waals surface area contributed by atoms with Crippen molar-refractivity contribution in [3.05, 3.63) is 65.2 Å². The number of nitrogens with one attached hydrogen (secondary N) is 2. The lowest BCUT2D eigenvalue weighted by Crippen LogP contribution is -2.41. The fraction of sp³-hybridized carbons (Fsp3) is 0.211. The molecule has 0 aliphatic carbocycles. The van der Waals surface area contributed by atoms with Crippen LogP contribution in [-0.2, 0) is 4.79 Å². The zero-order chi connectivity index (χ0) is 17.8. The summed E-state index contributed by atoms with van der Waals surface area (Å²) in [4.78, 5) is 37.8. The zero-order valence-corrected chi connectivity index (χ0v) is 13.9. The molecular formula is C19H19N3O3. The van der Waals surface area contributed by atoms with Crippen LogP contribution in [0.2, 0.25) is 0 Å². The van der Waals surface area contributed by atoms with Gasteiger partial charge < -0.3 is 4.90 Å². The molecule has 0 atom stereocenters. The van der Waals surface area contributed by atoms with Crippen LogP contribution in [0.3, 0.4) is 0 Å². The lowest BCUT2D eigenvalue weighted by Gasteiger charge is -2.16. The third kappa shape index (κ3) is 3.85. The summed E-state index contributed by atoms with van der Waals surface area (Å²) in [5.74, 6) is -0.765. The Labute approximate surface area is 145 Å². The summed E-state index contributed by atoms with van der Waals surface area (Å²) in [5.41, 5.74) is 7.38. The summed E-state index contributed by atoms with van der Waals surface area (Å²) in [6.07, 6.45) is 1.35. The SMILES string of the molecule is Cc1ccc(C(=O)NNC(=O)c2cccc(N3CCCC3=O)c2)cc1. The van der Waals surface area contributed by atoms with Gasteiger partial charge >= 0.3 is 0 Å². The molecule has 0 aromatic heterocycles. The van der Waals surface area contributed by atoms with E-state index < -0.39 is 5.91 Å². The number of aryl methyl sites for hydroxylation is 1. The van der Waals surface area contributed by atoms with Gasteiger partial charge in [0.25, 0.3) is 11.8 Å². The number of hydrazine groups is 1. The summed E-state index contributed by atoms with van der Waals surface area (Å²) < 4.78 is 0. The molecule has 1 heterocycles. The van der Waals surface area contributed by atoms with Crippen molar-refractivity contribution < 1.29 is 14.4 Å². The highest BCUT2D eigenvalue weighted by Crippen LogP contribution is 2.22. The minimum absolute atomic E-state index is 0.0604. The molecule has 1 fully saturated rings. The Balaban J connectivity index is 1.64. The highest BCUT2D eigenvalue weighted by Gasteiger charge is 2.22. The topological polar surface area (TPSA) is 78.5 Å². The first kappa shape index (κ1) is 16.7. The summed E-state index contributed by atoms with van der Waals surface area (Å²) in [5, 5.41) is 0. The van der Waals surface area contributed by atoms with Gasteiger partial charge in [-0.2, -0.15) is 0 Å². The van der Waals surface area contributed by atoms with E-state index in [1.807, 2.05) is 19.1 Å². The smallest absolute Gasteiger partial charge is 0.269 e. The molecular weight excluding hydrogens is 318 g/mol. The van der Waals surface area contributed by atoms with Crippen LogP contribution in [0.5, 0.6) is 0 Å². The molecule has 0 radical (unpaired) electrons. The van der Waals surface area contributed by atoms with Crippen LogP contribution in [0.15, 0.2) is 48.5 Å². The number of carbonyl (C=O) groups is 3. The van der Waals surface area contributed by atoms with Crippen LogP contribution < -0.4 is 15.8 Å². The quantitative estimate of drug-likeness (QED) is 0.843. The average molecular weight is 337 g/mol. The molecule has 6 heteroatoms. The predicted octanol–water partition coefficient (Wildman–Crippen LogP) is 2.20. The fourth-order valence-electron chi connectivity index (χ4n) is 2.70. The maximum absolute atomic E-state index is 12.3. The van der Waals surface area contributed by atoms with Crippen molar-refractivity contribution in [3.63, 3.8) is 0 Å². The number of hydrogen-bond acceptors (Lipinski definition) is 3. The van der Waals surface area contributed by atoms with Gasteiger partial charge in [-0.1, -0.05) is 23.8 Å². The fourth-order valence-corrected chi connectivity index (χ4v) is 2.70. The zero-order valence-electron chi connectivity index (χ0n) is 13.9. The molecule has 0 saturated carbocycles. The molecule has 6 nitrogen and oxygen atoms in total. The monoisotopic (exact) mass is 337 g/mol. The second-order valence-corrected chi connectivity index (χ2v) is 5.97. The Kier molecular flexibility index (Phi) is 4.79. The molecule has 128 valence electrons. The maximum atomic E-state index is 12.3. The molecule has 2 N–H and O–H groups in total. The van der Waals surface area contributed by atoms with Gasteiger partial charge in [-0.05, 0) is 43.7 Å². The van der Waals surface area contributed by atoms with E-state index in [2.05, 4.69) is 10.9 Å². The van der Waals surface area contributed by atoms with Gasteiger partial charge in [0, 0.05) is 29.8 Å². The van der Waals surface area contributed by atoms with Crippen molar-refractivity contribution in [2.24, 2.45) is 0 Å². The number of benzene rings is 2. The van der Waals surface area contributed by atoms with Gasteiger partial charge in [-0.15, -0.1) is 0 Å². The second-order valence-electron chi connectivity index (χ2n) is 5.97. The highest BCUT2D eigenvalue weighted by molar-refractivity contribution is 6.01. The Hall–Kier alpha value is -3.15. The van der Waals surface area contributed by atoms with E-state index in [1.54, 1.807) is 41.3 Å². The van der Waals surface area contributed by atoms with E-state index in [0.29, 0.717) is 29.8 Å². The number of hydrogen-bond donors (Lipinski definition) is 2. The Morgan fingerprint density at radius 3 is 2.28 bits per heavy atom. The Morgan fingerprint density at radius 2 is 1.64 bits per heavy atom. The minimum atomic E-state index is -0.436.